The van der Waals surface area contributed by atoms with Gasteiger partial charge >= 0.3 is 0 Å². The maximum atomic E-state index is 12.7. The molecule has 3 heteroatoms. The van der Waals surface area contributed by atoms with Gasteiger partial charge in [0.15, 0.2) is 5.78 Å². The van der Waals surface area contributed by atoms with E-state index in [-0.39, 0.29) is 17.3 Å². The van der Waals surface area contributed by atoms with E-state index >= 15 is 0 Å². The molecule has 1 atom stereocenters. The first-order valence-electron chi connectivity index (χ1n) is 8.35. The van der Waals surface area contributed by atoms with Gasteiger partial charge in [0.05, 0.1) is 6.61 Å². The lowest BCUT2D eigenvalue weighted by Gasteiger charge is -2.19. The predicted molar refractivity (Wildman–Crippen MR) is 95.0 cm³/mol. The largest absolute Gasteiger partial charge is 0.491 e. The van der Waals surface area contributed by atoms with Crippen LogP contribution in [0.25, 0.3) is 0 Å². The van der Waals surface area contributed by atoms with Crippen molar-refractivity contribution in [3.05, 3.63) is 64.7 Å². The molecule has 3 nitrogen and oxygen atoms in total. The van der Waals surface area contributed by atoms with Gasteiger partial charge in [-0.05, 0) is 41.7 Å². The molecule has 0 saturated carbocycles. The van der Waals surface area contributed by atoms with E-state index < -0.39 is 0 Å². The van der Waals surface area contributed by atoms with E-state index in [1.807, 2.05) is 49.4 Å². The average molecular weight is 324 g/mol. The second kappa shape index (κ2) is 6.40. The minimum absolute atomic E-state index is 0.0376. The lowest BCUT2D eigenvalue weighted by Crippen LogP contribution is -2.11. The molecular weight excluding hydrogens is 300 g/mol. The van der Waals surface area contributed by atoms with Crippen molar-refractivity contribution in [1.82, 2.24) is 0 Å². The van der Waals surface area contributed by atoms with Crippen molar-refractivity contribution in [2.75, 3.05) is 13.2 Å². The third-order valence-corrected chi connectivity index (χ3v) is 4.28. The highest BCUT2D eigenvalue weighted by atomic mass is 16.6. The summed E-state index contributed by atoms with van der Waals surface area (Å²) in [5, 5.41) is 0. The van der Waals surface area contributed by atoms with Crippen LogP contribution in [0.1, 0.15) is 47.8 Å². The summed E-state index contributed by atoms with van der Waals surface area (Å²) in [4.78, 5) is 12.7. The second-order valence-electron chi connectivity index (χ2n) is 7.40. The summed E-state index contributed by atoms with van der Waals surface area (Å²) in [7, 11) is 0. The highest BCUT2D eigenvalue weighted by molar-refractivity contribution is 6.09. The van der Waals surface area contributed by atoms with Crippen LogP contribution in [0.5, 0.6) is 5.75 Å². The van der Waals surface area contributed by atoms with Gasteiger partial charge in [-0.2, -0.15) is 0 Å². The number of hydrogen-bond donors (Lipinski definition) is 0. The van der Waals surface area contributed by atoms with Crippen molar-refractivity contribution in [3.63, 3.8) is 0 Å². The number of carbonyl (C=O) groups excluding carboxylic acids is 1. The third-order valence-electron chi connectivity index (χ3n) is 4.28. The lowest BCUT2D eigenvalue weighted by atomic mass is 9.86. The van der Waals surface area contributed by atoms with Crippen LogP contribution in [-0.2, 0) is 10.2 Å². The fraction of sp³-hybridized carbons (Fsp3) is 0.381. The number of ether oxygens (including phenoxy) is 2. The molecule has 24 heavy (non-hydrogen) atoms. The van der Waals surface area contributed by atoms with E-state index in [1.54, 1.807) is 0 Å². The number of aryl methyl sites for hydroxylation is 1. The quantitative estimate of drug-likeness (QED) is 0.608. The molecule has 0 spiro atoms. The molecule has 2 aromatic carbocycles. The van der Waals surface area contributed by atoms with Gasteiger partial charge in [-0.25, -0.2) is 0 Å². The highest BCUT2D eigenvalue weighted by Gasteiger charge is 2.23. The van der Waals surface area contributed by atoms with Crippen LogP contribution in [0.15, 0.2) is 42.5 Å². The van der Waals surface area contributed by atoms with E-state index in [9.17, 15) is 4.79 Å². The first-order valence-corrected chi connectivity index (χ1v) is 8.35. The Hall–Kier alpha value is -2.13. The lowest BCUT2D eigenvalue weighted by molar-refractivity contribution is 0.103. The summed E-state index contributed by atoms with van der Waals surface area (Å²) in [5.41, 5.74) is 3.67. The molecular formula is C21H24O3. The summed E-state index contributed by atoms with van der Waals surface area (Å²) in [6.45, 7) is 9.81. The smallest absolute Gasteiger partial charge is 0.193 e. The number of ketones is 1. The maximum absolute atomic E-state index is 12.7. The van der Waals surface area contributed by atoms with Gasteiger partial charge in [-0.15, -0.1) is 0 Å². The predicted octanol–water partition coefficient (Wildman–Crippen LogP) is 4.30. The molecule has 0 aliphatic carbocycles. The van der Waals surface area contributed by atoms with Gasteiger partial charge in [0.25, 0.3) is 0 Å². The van der Waals surface area contributed by atoms with Crippen LogP contribution >= 0.6 is 0 Å². The number of carbonyl (C=O) groups is 1. The molecule has 2 aromatic rings. The monoisotopic (exact) mass is 324 g/mol. The SMILES string of the molecule is Cc1cc(C(=O)c2ccc(C(C)(C)C)cc2)ccc1OCC1CO1. The molecule has 1 aliphatic heterocycles. The Balaban J connectivity index is 1.75. The Morgan fingerprint density at radius 3 is 2.29 bits per heavy atom. The first-order chi connectivity index (χ1) is 11.3. The number of benzene rings is 2. The van der Waals surface area contributed by atoms with E-state index in [2.05, 4.69) is 20.8 Å². The van der Waals surface area contributed by atoms with Gasteiger partial charge < -0.3 is 9.47 Å². The molecule has 1 aliphatic rings. The Morgan fingerprint density at radius 1 is 1.12 bits per heavy atom. The Labute approximate surface area is 143 Å². The van der Waals surface area contributed by atoms with Crippen molar-refractivity contribution in [1.29, 1.82) is 0 Å². The standard InChI is InChI=1S/C21H24O3/c1-14-11-16(7-10-19(14)24-13-18-12-23-18)20(22)15-5-8-17(9-6-15)21(2,3)4/h5-11,18H,12-13H2,1-4H3. The maximum Gasteiger partial charge on any atom is 0.193 e. The van der Waals surface area contributed by atoms with Gasteiger partial charge in [0.1, 0.15) is 18.5 Å². The van der Waals surface area contributed by atoms with E-state index in [0.29, 0.717) is 17.7 Å². The molecule has 0 aromatic heterocycles. The van der Waals surface area contributed by atoms with Crippen molar-refractivity contribution in [2.45, 2.75) is 39.2 Å². The fourth-order valence-corrected chi connectivity index (χ4v) is 2.59. The summed E-state index contributed by atoms with van der Waals surface area (Å²) in [6.07, 6.45) is 0.229. The van der Waals surface area contributed by atoms with Crippen molar-refractivity contribution in [2.24, 2.45) is 0 Å². The van der Waals surface area contributed by atoms with Crippen molar-refractivity contribution in [3.8, 4) is 5.75 Å². The Kier molecular flexibility index (Phi) is 4.46. The van der Waals surface area contributed by atoms with Crippen LogP contribution in [0, 0.1) is 6.92 Å². The minimum atomic E-state index is 0.0376. The van der Waals surface area contributed by atoms with Gasteiger partial charge in [-0.1, -0.05) is 45.0 Å². The molecule has 0 radical (unpaired) electrons. The van der Waals surface area contributed by atoms with E-state index in [1.165, 1.54) is 5.56 Å². The first kappa shape index (κ1) is 16.7. The summed E-state index contributed by atoms with van der Waals surface area (Å²) < 4.78 is 10.9. The fourth-order valence-electron chi connectivity index (χ4n) is 2.59. The molecule has 1 heterocycles. The van der Waals surface area contributed by atoms with Gasteiger partial charge in [-0.3, -0.25) is 4.79 Å². The van der Waals surface area contributed by atoms with Gasteiger partial charge in [0.2, 0.25) is 0 Å². The molecule has 0 amide bonds. The summed E-state index contributed by atoms with van der Waals surface area (Å²) in [6, 6.07) is 13.5. The van der Waals surface area contributed by atoms with Gasteiger partial charge in [0, 0.05) is 11.1 Å². The number of epoxide rings is 1. The molecule has 1 unspecified atom stereocenters. The van der Waals surface area contributed by atoms with Crippen LogP contribution in [0.4, 0.5) is 0 Å². The summed E-state index contributed by atoms with van der Waals surface area (Å²) in [5.74, 6) is 0.848. The zero-order valence-corrected chi connectivity index (χ0v) is 14.8. The van der Waals surface area contributed by atoms with E-state index in [0.717, 1.165) is 17.9 Å². The van der Waals surface area contributed by atoms with Crippen molar-refractivity contribution >= 4 is 5.78 Å². The molecule has 0 bridgehead atoms. The number of hydrogen-bond acceptors (Lipinski definition) is 3. The average Bonchev–Trinajstić information content (AvgIpc) is 3.36. The highest BCUT2D eigenvalue weighted by Crippen LogP contribution is 2.25. The van der Waals surface area contributed by atoms with Crippen LogP contribution in [-0.4, -0.2) is 25.1 Å². The zero-order valence-electron chi connectivity index (χ0n) is 14.8. The zero-order chi connectivity index (χ0) is 17.3. The molecule has 126 valence electrons. The topological polar surface area (TPSA) is 38.8 Å². The van der Waals surface area contributed by atoms with Crippen LogP contribution < -0.4 is 4.74 Å². The normalized spacial score (nSPS) is 16.8. The second-order valence-corrected chi connectivity index (χ2v) is 7.40. The Morgan fingerprint density at radius 2 is 1.75 bits per heavy atom. The minimum Gasteiger partial charge on any atom is -0.491 e. The number of rotatable bonds is 5. The molecule has 1 saturated heterocycles. The van der Waals surface area contributed by atoms with Crippen molar-refractivity contribution < 1.29 is 14.3 Å². The van der Waals surface area contributed by atoms with Crippen LogP contribution in [0.2, 0.25) is 0 Å². The Bertz CT molecular complexity index is 735. The third kappa shape index (κ3) is 3.85. The van der Waals surface area contributed by atoms with E-state index in [4.69, 9.17) is 9.47 Å². The molecule has 1 fully saturated rings. The molecule has 3 rings (SSSR count). The summed E-state index contributed by atoms with van der Waals surface area (Å²) >= 11 is 0. The van der Waals surface area contributed by atoms with Crippen LogP contribution in [0.3, 0.4) is 0 Å². The molecule has 0 N–H and O–H groups in total.